The zero-order chi connectivity index (χ0) is 40.8. The summed E-state index contributed by atoms with van der Waals surface area (Å²) in [5.41, 5.74) is 2.91. The number of carboxylic acids is 2. The van der Waals surface area contributed by atoms with Crippen molar-refractivity contribution in [3.63, 3.8) is 0 Å². The maximum atomic E-state index is 11.2. The number of aromatic hydroxyl groups is 2. The molecule has 0 fully saturated rings. The van der Waals surface area contributed by atoms with Gasteiger partial charge in [0, 0.05) is 84.0 Å². The number of non-ortho nitro benzene ring substituents is 2. The Hall–Kier alpha value is -5.08. The van der Waals surface area contributed by atoms with Gasteiger partial charge in [0.15, 0.2) is 0 Å². The Bertz CT molecular complexity index is 1690. The molecule has 56 heavy (non-hydrogen) atoms. The summed E-state index contributed by atoms with van der Waals surface area (Å²) in [7, 11) is -1.22. The second-order valence-corrected chi connectivity index (χ2v) is 14.5. The molecule has 0 heterocycles. The number of carbonyl (C=O) groups excluding carboxylic acids is 2. The summed E-state index contributed by atoms with van der Waals surface area (Å²) in [6.45, 7) is 0.490. The van der Waals surface area contributed by atoms with Crippen molar-refractivity contribution in [3.05, 3.63) is 140 Å². The molecule has 0 aliphatic rings. The van der Waals surface area contributed by atoms with Crippen LogP contribution in [0.2, 0.25) is 0 Å². The van der Waals surface area contributed by atoms with Crippen LogP contribution in [0.1, 0.15) is 22.3 Å². The second-order valence-electron chi connectivity index (χ2n) is 11.6. The number of nitrogens with zero attached hydrogens (tertiary/aromatic N) is 2. The van der Waals surface area contributed by atoms with Crippen LogP contribution in [0.25, 0.3) is 0 Å². The summed E-state index contributed by atoms with van der Waals surface area (Å²) < 4.78 is 19.1. The van der Waals surface area contributed by atoms with Crippen LogP contribution < -0.4 is 20.8 Å². The summed E-state index contributed by atoms with van der Waals surface area (Å²) in [6, 6.07) is 22.4. The van der Waals surface area contributed by atoms with Crippen molar-refractivity contribution in [2.45, 2.75) is 38.0 Å². The smallest absolute Gasteiger partial charge is 0.548 e. The first kappa shape index (κ1) is 53.0. The Labute approximate surface area is 339 Å². The monoisotopic (exact) mass is 868 g/mol. The Morgan fingerprint density at radius 1 is 0.571 bits per heavy atom. The molecule has 0 unspecified atom stereocenters. The van der Waals surface area contributed by atoms with Crippen LogP contribution >= 0.6 is 0 Å². The number of nitro benzene ring substituents is 2. The number of nitro groups is 2. The molecule has 0 amide bonds. The standard InChI is InChI=1S/2C16H16N2O5.2C2H6OS.Cu.H2O/c2*19-14-7-3-11(4-8-14)9-15(16(20)21)17-10-12-1-5-13(6-2-12)18(22)23;2*1-4(2)3;;/h2*1-8,15,17,19H,9-10H2,(H,20,21);2*1-2H3;;1H2/q;;;;+2;/p-1/t2*15-;;;;/m00..../s1. The van der Waals surface area contributed by atoms with E-state index in [1.165, 1.54) is 48.5 Å². The van der Waals surface area contributed by atoms with Crippen molar-refractivity contribution < 1.29 is 70.8 Å². The molecule has 0 saturated carbocycles. The molecule has 20 heteroatoms. The number of phenolic OH excluding ortho intramolecular Hbond substituents is 2. The minimum atomic E-state index is -1.24. The third-order valence-corrected chi connectivity index (χ3v) is 6.72. The van der Waals surface area contributed by atoms with E-state index >= 15 is 0 Å². The van der Waals surface area contributed by atoms with E-state index in [1.807, 2.05) is 0 Å². The molecule has 4 aromatic rings. The van der Waals surface area contributed by atoms with Crippen LogP contribution in [0, 0.1) is 20.2 Å². The maximum absolute atomic E-state index is 11.2. The fraction of sp³-hybridized carbons (Fsp3) is 0.278. The average molecular weight is 869 g/mol. The number of rotatable bonds is 14. The number of nitrogens with one attached hydrogen (secondary N) is 2. The van der Waals surface area contributed by atoms with Gasteiger partial charge >= 0.3 is 17.1 Å². The van der Waals surface area contributed by atoms with Crippen molar-refractivity contribution >= 4 is 44.9 Å². The summed E-state index contributed by atoms with van der Waals surface area (Å²) in [6.07, 6.45) is 6.96. The van der Waals surface area contributed by atoms with Gasteiger partial charge in [-0.25, -0.2) is 0 Å². The Kier molecular flexibility index (Phi) is 26.8. The van der Waals surface area contributed by atoms with Crippen LogP contribution in [0.5, 0.6) is 11.5 Å². The molecule has 0 saturated heterocycles. The van der Waals surface area contributed by atoms with Crippen LogP contribution in [-0.2, 0) is 79.7 Å². The van der Waals surface area contributed by atoms with Gasteiger partial charge in [-0.2, -0.15) is 0 Å². The van der Waals surface area contributed by atoms with Crippen molar-refractivity contribution in [2.24, 2.45) is 0 Å². The minimum absolute atomic E-state index is 0. The molecular formula is C36H45CuN4O13S2+. The molecular weight excluding hydrogens is 824 g/mol. The fourth-order valence-electron chi connectivity index (χ4n) is 4.17. The van der Waals surface area contributed by atoms with E-state index in [2.05, 4.69) is 10.6 Å². The number of hydrogen-bond acceptors (Lipinski definition) is 14. The first-order valence-corrected chi connectivity index (χ1v) is 19.7. The van der Waals surface area contributed by atoms with Gasteiger partial charge < -0.3 is 46.1 Å². The van der Waals surface area contributed by atoms with Crippen molar-refractivity contribution in [3.8, 4) is 11.5 Å². The first-order valence-electron chi connectivity index (χ1n) is 15.8. The van der Waals surface area contributed by atoms with E-state index in [9.17, 15) is 58.7 Å². The fourth-order valence-corrected chi connectivity index (χ4v) is 4.17. The average Bonchev–Trinajstić information content (AvgIpc) is 3.10. The SMILES string of the molecule is CS(C)=O.CS(C)=O.O=C([O-])[C@H](Cc1ccc(O)cc1)NCc1ccc([N+](=O)[O-])cc1.O=C([O-])[C@H](Cc1ccc(O)cc1)NCc1ccc([N+](=O)[O-])cc1.[Cu+2].[OH3+]. The molecule has 1 radical (unpaired) electrons. The molecule has 7 N–H and O–H groups in total. The van der Waals surface area contributed by atoms with Gasteiger partial charge in [0.2, 0.25) is 0 Å². The first-order chi connectivity index (χ1) is 25.4. The number of carbonyl (C=O) groups is 2. The summed E-state index contributed by atoms with van der Waals surface area (Å²) in [5, 5.41) is 67.8. The third-order valence-electron chi connectivity index (χ3n) is 6.72. The Balaban J connectivity index is 0. The van der Waals surface area contributed by atoms with Gasteiger partial charge in [-0.3, -0.25) is 28.6 Å². The van der Waals surface area contributed by atoms with Gasteiger partial charge in [-0.05, 0) is 59.4 Å². The molecule has 0 aliphatic heterocycles. The zero-order valence-electron chi connectivity index (χ0n) is 30.8. The molecule has 0 aliphatic carbocycles. The Morgan fingerprint density at radius 2 is 0.804 bits per heavy atom. The molecule has 17 nitrogen and oxygen atoms in total. The molecule has 0 aromatic heterocycles. The predicted molar refractivity (Wildman–Crippen MR) is 206 cm³/mol. The third kappa shape index (κ3) is 23.6. The summed E-state index contributed by atoms with van der Waals surface area (Å²) in [5.74, 6) is -2.25. The van der Waals surface area contributed by atoms with Crippen LogP contribution in [-0.4, -0.2) is 77.5 Å². The zero-order valence-corrected chi connectivity index (χ0v) is 33.4. The molecule has 0 spiro atoms. The van der Waals surface area contributed by atoms with E-state index in [0.717, 1.165) is 22.3 Å². The van der Waals surface area contributed by atoms with Crippen LogP contribution in [0.4, 0.5) is 11.4 Å². The quantitative estimate of drug-likeness (QED) is 0.0583. The van der Waals surface area contributed by atoms with Gasteiger partial charge in [0.1, 0.15) is 11.5 Å². The number of hydrogen-bond donors (Lipinski definition) is 4. The van der Waals surface area contributed by atoms with E-state index in [4.69, 9.17) is 0 Å². The van der Waals surface area contributed by atoms with Crippen molar-refractivity contribution in [2.75, 3.05) is 25.0 Å². The molecule has 309 valence electrons. The minimum Gasteiger partial charge on any atom is -0.548 e. The van der Waals surface area contributed by atoms with E-state index in [0.29, 0.717) is 0 Å². The van der Waals surface area contributed by atoms with E-state index in [-0.39, 0.29) is 71.3 Å². The van der Waals surface area contributed by atoms with Gasteiger partial charge in [0.05, 0.1) is 33.9 Å². The summed E-state index contributed by atoms with van der Waals surface area (Å²) in [4.78, 5) is 42.6. The van der Waals surface area contributed by atoms with Gasteiger partial charge in [-0.15, -0.1) is 0 Å². The largest absolute Gasteiger partial charge is 2.00 e. The molecule has 4 rings (SSSR count). The summed E-state index contributed by atoms with van der Waals surface area (Å²) >= 11 is 0. The molecule has 2 atom stereocenters. The number of benzene rings is 4. The van der Waals surface area contributed by atoms with Crippen molar-refractivity contribution in [1.29, 1.82) is 0 Å². The van der Waals surface area contributed by atoms with Crippen LogP contribution in [0.3, 0.4) is 0 Å². The number of carboxylic acid groups (broad SMARTS) is 2. The second kappa shape index (κ2) is 28.3. The van der Waals surface area contributed by atoms with Gasteiger partial charge in [0.25, 0.3) is 11.4 Å². The molecule has 0 bridgehead atoms. The van der Waals surface area contributed by atoms with Gasteiger partial charge in [-0.1, -0.05) is 48.5 Å². The number of phenols is 2. The predicted octanol–water partition coefficient (Wildman–Crippen LogP) is 0.567. The topological polar surface area (TPSA) is 298 Å². The van der Waals surface area contributed by atoms with E-state index < -0.39 is 55.5 Å². The van der Waals surface area contributed by atoms with Crippen LogP contribution in [0.15, 0.2) is 97.1 Å². The molecule has 4 aromatic carbocycles. The normalized spacial score (nSPS) is 11.0. The van der Waals surface area contributed by atoms with Crippen molar-refractivity contribution in [1.82, 2.24) is 10.6 Å². The number of aliphatic carboxylic acids is 2. The van der Waals surface area contributed by atoms with E-state index in [1.54, 1.807) is 73.6 Å². The maximum Gasteiger partial charge on any atom is 2.00 e. The Morgan fingerprint density at radius 3 is 1.02 bits per heavy atom.